The smallest absolute Gasteiger partial charge is 0.394 e. The third kappa shape index (κ3) is 5.58. The Bertz CT molecular complexity index is 1510. The van der Waals surface area contributed by atoms with E-state index in [9.17, 15) is 43.6 Å². The maximum Gasteiger partial charge on any atom is 0.472 e. The van der Waals surface area contributed by atoms with Crippen LogP contribution in [0.2, 0.25) is 0 Å². The number of aromatic nitrogens is 4. The second-order valence-corrected chi connectivity index (χ2v) is 9.99. The average molecular weight is 575 g/mol. The number of aromatic amines is 1. The zero-order valence-corrected chi connectivity index (χ0v) is 20.6. The molecule has 2 aliphatic rings. The van der Waals surface area contributed by atoms with Crippen molar-refractivity contribution in [2.75, 3.05) is 18.9 Å². The second-order valence-electron chi connectivity index (χ2n) is 8.58. The van der Waals surface area contributed by atoms with Crippen LogP contribution in [0.15, 0.2) is 32.8 Å². The number of aliphatic hydroxyl groups excluding tert-OH is 2. The summed E-state index contributed by atoms with van der Waals surface area (Å²) >= 11 is 0. The van der Waals surface area contributed by atoms with Crippen molar-refractivity contribution < 1.29 is 47.7 Å². The van der Waals surface area contributed by atoms with E-state index < -0.39 is 86.3 Å². The Morgan fingerprint density at radius 2 is 2.05 bits per heavy atom. The van der Waals surface area contributed by atoms with Crippen LogP contribution in [0, 0.1) is 18.2 Å². The summed E-state index contributed by atoms with van der Waals surface area (Å²) in [5.74, 6) is 0.508. The lowest BCUT2D eigenvalue weighted by Gasteiger charge is -2.26. The van der Waals surface area contributed by atoms with Crippen molar-refractivity contribution in [3.05, 3.63) is 55.6 Å². The molecule has 17 nitrogen and oxygen atoms in total. The molecule has 4 heterocycles. The molecule has 0 aliphatic carbocycles. The highest BCUT2D eigenvalue weighted by molar-refractivity contribution is 7.47. The number of terminal acetylenes is 1. The number of nitrogens with one attached hydrogen (secondary N) is 1. The highest BCUT2D eigenvalue weighted by Gasteiger charge is 2.56. The molecule has 7 N–H and O–H groups in total. The van der Waals surface area contributed by atoms with Crippen molar-refractivity contribution >= 4 is 13.6 Å². The van der Waals surface area contributed by atoms with E-state index in [4.69, 9.17) is 30.7 Å². The first kappa shape index (κ1) is 28.8. The van der Waals surface area contributed by atoms with Crippen LogP contribution in [0.1, 0.15) is 18.9 Å². The zero-order valence-electron chi connectivity index (χ0n) is 19.7. The summed E-state index contributed by atoms with van der Waals surface area (Å²) in [7, 11) is -5.01. The van der Waals surface area contributed by atoms with Gasteiger partial charge < -0.3 is 35.4 Å². The van der Waals surface area contributed by atoms with Gasteiger partial charge in [-0.2, -0.15) is 9.37 Å². The first-order chi connectivity index (χ1) is 18.3. The number of rotatable bonds is 8. The van der Waals surface area contributed by atoms with Gasteiger partial charge >= 0.3 is 19.2 Å². The van der Waals surface area contributed by atoms with Gasteiger partial charge in [0.2, 0.25) is 5.82 Å². The van der Waals surface area contributed by atoms with Gasteiger partial charge in [-0.3, -0.25) is 28.0 Å². The summed E-state index contributed by atoms with van der Waals surface area (Å²) in [4.78, 5) is 50.9. The van der Waals surface area contributed by atoms with Crippen LogP contribution in [0.25, 0.3) is 0 Å². The number of phosphoric acid groups is 1. The number of nitrogens with two attached hydrogens (primary N) is 1. The van der Waals surface area contributed by atoms with Crippen molar-refractivity contribution in [1.82, 2.24) is 19.1 Å². The van der Waals surface area contributed by atoms with Crippen LogP contribution in [0.4, 0.5) is 10.2 Å². The lowest BCUT2D eigenvalue weighted by atomic mass is 9.95. The maximum absolute atomic E-state index is 13.7. The maximum atomic E-state index is 13.7. The Kier molecular flexibility index (Phi) is 7.91. The molecule has 2 fully saturated rings. The number of nitrogens with zero attached hydrogens (tertiary/aromatic N) is 3. The lowest BCUT2D eigenvalue weighted by molar-refractivity contribution is -0.0772. The third-order valence-corrected chi connectivity index (χ3v) is 7.10. The molecule has 8 atom stereocenters. The van der Waals surface area contributed by atoms with Crippen molar-refractivity contribution in [1.29, 1.82) is 0 Å². The van der Waals surface area contributed by atoms with Gasteiger partial charge in [0.05, 0.1) is 19.4 Å². The summed E-state index contributed by atoms with van der Waals surface area (Å²) in [5.41, 5.74) is -0.305. The lowest BCUT2D eigenvalue weighted by Crippen LogP contribution is -2.47. The van der Waals surface area contributed by atoms with Crippen LogP contribution < -0.4 is 22.7 Å². The van der Waals surface area contributed by atoms with E-state index in [1.807, 2.05) is 5.92 Å². The number of halogens is 1. The Labute approximate surface area is 216 Å². The predicted octanol–water partition coefficient (Wildman–Crippen LogP) is -3.08. The van der Waals surface area contributed by atoms with Gasteiger partial charge in [-0.25, -0.2) is 14.2 Å². The zero-order chi connectivity index (χ0) is 28.7. The van der Waals surface area contributed by atoms with Crippen molar-refractivity contribution in [2.45, 2.75) is 48.9 Å². The fourth-order valence-electron chi connectivity index (χ4n) is 4.13. The number of hydrogen-bond acceptors (Lipinski definition) is 13. The molecule has 0 spiro atoms. The summed E-state index contributed by atoms with van der Waals surface area (Å²) < 4.78 is 48.6. The molecule has 19 heteroatoms. The average Bonchev–Trinajstić information content (AvgIpc) is 3.38. The van der Waals surface area contributed by atoms with Crippen molar-refractivity contribution in [3.8, 4) is 12.3 Å². The van der Waals surface area contributed by atoms with Crippen molar-refractivity contribution in [2.24, 2.45) is 0 Å². The standard InChI is InChI=1S/C20H23FN5O12P/c1-2-20(32)15(28)12(37-17(20)25-4-3-13(22)23-18(25)30)8-35-39(33,34)38-10-5-14(36-11(10)7-27)26-6-9(21)16(29)24-19(26)31/h1,3-4,6,10-12,14-15,17,27-28,32H,5,7-8H2,(H,33,34)(H2,22,23,30)(H,24,29,31)/t10-,11+,12+,14+,15+,17+,20+/m0/s1. The van der Waals surface area contributed by atoms with Gasteiger partial charge in [-0.15, -0.1) is 6.42 Å². The minimum Gasteiger partial charge on any atom is -0.394 e. The molecule has 0 amide bonds. The molecule has 2 aliphatic heterocycles. The van der Waals surface area contributed by atoms with Crippen LogP contribution >= 0.6 is 7.82 Å². The highest BCUT2D eigenvalue weighted by atomic mass is 31.2. The van der Waals surface area contributed by atoms with Gasteiger partial charge in [-0.05, 0) is 6.07 Å². The molecule has 2 saturated heterocycles. The molecule has 2 aromatic heterocycles. The van der Waals surface area contributed by atoms with E-state index in [2.05, 4.69) is 4.98 Å². The molecular weight excluding hydrogens is 552 g/mol. The number of aliphatic hydroxyl groups is 3. The van der Waals surface area contributed by atoms with E-state index in [0.29, 0.717) is 10.8 Å². The fraction of sp³-hybridized carbons (Fsp3) is 0.500. The first-order valence-corrected chi connectivity index (χ1v) is 12.6. The van der Waals surface area contributed by atoms with Gasteiger partial charge in [0.25, 0.3) is 5.56 Å². The number of ether oxygens (including phenoxy) is 2. The fourth-order valence-corrected chi connectivity index (χ4v) is 5.09. The highest BCUT2D eigenvalue weighted by Crippen LogP contribution is 2.49. The number of H-pyrrole nitrogens is 1. The van der Waals surface area contributed by atoms with E-state index in [-0.39, 0.29) is 12.2 Å². The summed E-state index contributed by atoms with van der Waals surface area (Å²) in [6.07, 6.45) is -2.36. The molecule has 39 heavy (non-hydrogen) atoms. The van der Waals surface area contributed by atoms with E-state index in [0.717, 1.165) is 10.8 Å². The molecule has 1 unspecified atom stereocenters. The third-order valence-electron chi connectivity index (χ3n) is 6.08. The Balaban J connectivity index is 1.45. The van der Waals surface area contributed by atoms with Crippen molar-refractivity contribution in [3.63, 3.8) is 0 Å². The summed E-state index contributed by atoms with van der Waals surface area (Å²) in [6, 6.07) is 1.21. The minimum atomic E-state index is -5.01. The van der Waals surface area contributed by atoms with Gasteiger partial charge in [0.15, 0.2) is 11.8 Å². The van der Waals surface area contributed by atoms with Crippen LogP contribution in [-0.2, 0) is 23.1 Å². The van der Waals surface area contributed by atoms with E-state index in [1.165, 1.54) is 6.07 Å². The number of nitrogen functional groups attached to an aromatic ring is 1. The number of phosphoric ester groups is 1. The second kappa shape index (κ2) is 10.7. The van der Waals surface area contributed by atoms with E-state index in [1.54, 1.807) is 4.98 Å². The number of anilines is 1. The topological polar surface area (TPSA) is 251 Å². The SMILES string of the molecule is C#C[C@@]1(O)[C@H](O)[C@@H](COP(=O)(O)O[C@H]2C[C@H](n3cc(F)c(=O)[nH]c3=O)O[C@@H]2CO)O[C@H]1n1ccc(N)nc1=O. The van der Waals surface area contributed by atoms with Crippen LogP contribution in [0.3, 0.4) is 0 Å². The van der Waals surface area contributed by atoms with E-state index >= 15 is 0 Å². The molecule has 212 valence electrons. The Morgan fingerprint density at radius 1 is 1.33 bits per heavy atom. The monoisotopic (exact) mass is 575 g/mol. The Morgan fingerprint density at radius 3 is 2.69 bits per heavy atom. The number of hydrogen-bond donors (Lipinski definition) is 6. The quantitative estimate of drug-likeness (QED) is 0.135. The predicted molar refractivity (Wildman–Crippen MR) is 124 cm³/mol. The molecule has 0 radical (unpaired) electrons. The van der Waals surface area contributed by atoms with Crippen LogP contribution in [-0.4, -0.2) is 82.5 Å². The summed E-state index contributed by atoms with van der Waals surface area (Å²) in [6.45, 7) is -1.62. The minimum absolute atomic E-state index is 0.132. The largest absolute Gasteiger partial charge is 0.472 e. The molecule has 0 saturated carbocycles. The first-order valence-electron chi connectivity index (χ1n) is 11.1. The molecular formula is C20H23FN5O12P. The normalized spacial score (nSPS) is 32.1. The molecule has 4 rings (SSSR count). The van der Waals surface area contributed by atoms with Gasteiger partial charge in [0.1, 0.15) is 36.5 Å². The Hall–Kier alpha value is -3.24. The van der Waals surface area contributed by atoms with Gasteiger partial charge in [-0.1, -0.05) is 5.92 Å². The molecule has 0 bridgehead atoms. The molecule has 2 aromatic rings. The molecule has 0 aromatic carbocycles. The van der Waals surface area contributed by atoms with Crippen LogP contribution in [0.5, 0.6) is 0 Å². The van der Waals surface area contributed by atoms with Gasteiger partial charge in [0, 0.05) is 12.6 Å². The summed E-state index contributed by atoms with van der Waals surface area (Å²) in [5, 5.41) is 31.0.